The predicted octanol–water partition coefficient (Wildman–Crippen LogP) is 5.10. The Hall–Kier alpha value is -3.31. The molecular formula is C22H17ClN2O3. The van der Waals surface area contributed by atoms with E-state index in [1.54, 1.807) is 19.2 Å². The van der Waals surface area contributed by atoms with E-state index < -0.39 is 5.97 Å². The van der Waals surface area contributed by atoms with Crippen molar-refractivity contribution in [1.29, 1.82) is 0 Å². The summed E-state index contributed by atoms with van der Waals surface area (Å²) in [6, 6.07) is 18.5. The number of aromatic nitrogens is 2. The number of para-hydroxylation sites is 1. The molecule has 0 saturated heterocycles. The van der Waals surface area contributed by atoms with Crippen LogP contribution in [0.3, 0.4) is 0 Å². The van der Waals surface area contributed by atoms with E-state index in [-0.39, 0.29) is 11.6 Å². The van der Waals surface area contributed by atoms with Crippen molar-refractivity contribution >= 4 is 28.5 Å². The van der Waals surface area contributed by atoms with Crippen molar-refractivity contribution in [1.82, 2.24) is 9.97 Å². The third-order valence-corrected chi connectivity index (χ3v) is 5.02. The van der Waals surface area contributed by atoms with Crippen molar-refractivity contribution in [2.45, 2.75) is 5.92 Å². The van der Waals surface area contributed by atoms with Gasteiger partial charge in [-0.3, -0.25) is 0 Å². The highest BCUT2D eigenvalue weighted by Crippen LogP contribution is 2.38. The van der Waals surface area contributed by atoms with Crippen molar-refractivity contribution in [2.75, 3.05) is 7.11 Å². The summed E-state index contributed by atoms with van der Waals surface area (Å²) < 4.78 is 5.27. The second kappa shape index (κ2) is 7.37. The zero-order valence-electron chi connectivity index (χ0n) is 15.0. The van der Waals surface area contributed by atoms with Gasteiger partial charge in [-0.25, -0.2) is 9.78 Å². The zero-order chi connectivity index (χ0) is 19.7. The first kappa shape index (κ1) is 18.1. The molecule has 0 saturated carbocycles. The third kappa shape index (κ3) is 3.21. The molecule has 5 nitrogen and oxygen atoms in total. The van der Waals surface area contributed by atoms with Crippen LogP contribution in [-0.2, 0) is 0 Å². The number of pyridine rings is 1. The maximum Gasteiger partial charge on any atom is 0.354 e. The van der Waals surface area contributed by atoms with Crippen LogP contribution in [0.1, 0.15) is 33.2 Å². The lowest BCUT2D eigenvalue weighted by Gasteiger charge is -2.18. The molecule has 4 rings (SSSR count). The average Bonchev–Trinajstić information content (AvgIpc) is 3.12. The van der Waals surface area contributed by atoms with Gasteiger partial charge in [-0.15, -0.1) is 0 Å². The average molecular weight is 393 g/mol. The third-order valence-electron chi connectivity index (χ3n) is 4.73. The molecule has 1 atom stereocenters. The van der Waals surface area contributed by atoms with E-state index >= 15 is 0 Å². The van der Waals surface area contributed by atoms with Crippen molar-refractivity contribution in [3.05, 3.63) is 94.4 Å². The smallest absolute Gasteiger partial charge is 0.354 e. The SMILES string of the molecule is COc1ccc(C(c2cccc(C(=O)O)n2)c2c[nH]c3ccccc23)cc1Cl. The van der Waals surface area contributed by atoms with Crippen LogP contribution in [-0.4, -0.2) is 28.2 Å². The van der Waals surface area contributed by atoms with Crippen LogP contribution in [0.15, 0.2) is 66.9 Å². The number of fused-ring (bicyclic) bond motifs is 1. The van der Waals surface area contributed by atoms with Crippen molar-refractivity contribution in [3.63, 3.8) is 0 Å². The minimum absolute atomic E-state index is 0.00181. The first-order chi connectivity index (χ1) is 13.6. The van der Waals surface area contributed by atoms with Crippen LogP contribution in [0.2, 0.25) is 5.02 Å². The minimum Gasteiger partial charge on any atom is -0.495 e. The molecule has 2 aromatic carbocycles. The van der Waals surface area contributed by atoms with Gasteiger partial charge >= 0.3 is 5.97 Å². The van der Waals surface area contributed by atoms with Crippen LogP contribution in [0.25, 0.3) is 10.9 Å². The summed E-state index contributed by atoms with van der Waals surface area (Å²) in [4.78, 5) is 19.1. The number of carboxylic acids is 1. The molecule has 1 unspecified atom stereocenters. The lowest BCUT2D eigenvalue weighted by Crippen LogP contribution is -2.09. The number of carbonyl (C=O) groups is 1. The summed E-state index contributed by atoms with van der Waals surface area (Å²) in [5.41, 5.74) is 3.52. The molecule has 4 aromatic rings. The zero-order valence-corrected chi connectivity index (χ0v) is 15.8. The van der Waals surface area contributed by atoms with Crippen molar-refractivity contribution in [3.8, 4) is 5.75 Å². The topological polar surface area (TPSA) is 75.2 Å². The fraction of sp³-hybridized carbons (Fsp3) is 0.0909. The number of aromatic carboxylic acids is 1. The lowest BCUT2D eigenvalue weighted by atomic mass is 9.87. The van der Waals surface area contributed by atoms with E-state index in [0.29, 0.717) is 16.5 Å². The molecule has 6 heteroatoms. The molecule has 28 heavy (non-hydrogen) atoms. The van der Waals surface area contributed by atoms with Crippen LogP contribution >= 0.6 is 11.6 Å². The number of aromatic amines is 1. The van der Waals surface area contributed by atoms with Gasteiger partial charge in [-0.1, -0.05) is 41.9 Å². The highest BCUT2D eigenvalue weighted by molar-refractivity contribution is 6.32. The van der Waals surface area contributed by atoms with Crippen LogP contribution in [0.5, 0.6) is 5.75 Å². The Morgan fingerprint density at radius 1 is 1.14 bits per heavy atom. The summed E-state index contributed by atoms with van der Waals surface area (Å²) in [5, 5.41) is 10.9. The van der Waals surface area contributed by atoms with E-state index in [0.717, 1.165) is 22.0 Å². The number of nitrogens with zero attached hydrogens (tertiary/aromatic N) is 1. The number of benzene rings is 2. The first-order valence-corrected chi connectivity index (χ1v) is 9.06. The Balaban J connectivity index is 1.95. The number of hydrogen-bond acceptors (Lipinski definition) is 3. The Bertz CT molecular complexity index is 1170. The Labute approximate surface area is 166 Å². The number of methoxy groups -OCH3 is 1. The number of carboxylic acid groups (broad SMARTS) is 1. The van der Waals surface area contributed by atoms with E-state index in [1.807, 2.05) is 48.7 Å². The second-order valence-electron chi connectivity index (χ2n) is 6.37. The molecule has 2 aromatic heterocycles. The molecule has 0 aliphatic heterocycles. The first-order valence-electron chi connectivity index (χ1n) is 8.68. The molecular weight excluding hydrogens is 376 g/mol. The van der Waals surface area contributed by atoms with Crippen molar-refractivity contribution < 1.29 is 14.6 Å². The summed E-state index contributed by atoms with van der Waals surface area (Å²) in [6.45, 7) is 0. The van der Waals surface area contributed by atoms with Gasteiger partial charge in [0.1, 0.15) is 11.4 Å². The maximum absolute atomic E-state index is 11.4. The molecule has 2 N–H and O–H groups in total. The highest BCUT2D eigenvalue weighted by Gasteiger charge is 2.23. The fourth-order valence-electron chi connectivity index (χ4n) is 3.44. The number of hydrogen-bond donors (Lipinski definition) is 2. The summed E-state index contributed by atoms with van der Waals surface area (Å²) in [7, 11) is 1.57. The number of ether oxygens (including phenoxy) is 1. The molecule has 2 heterocycles. The number of nitrogens with one attached hydrogen (secondary N) is 1. The predicted molar refractivity (Wildman–Crippen MR) is 108 cm³/mol. The summed E-state index contributed by atoms with van der Waals surface area (Å²) >= 11 is 6.38. The van der Waals surface area contributed by atoms with Gasteiger partial charge in [0.05, 0.1) is 23.7 Å². The number of rotatable bonds is 5. The lowest BCUT2D eigenvalue weighted by molar-refractivity contribution is 0.0690. The molecule has 0 aliphatic rings. The molecule has 0 spiro atoms. The standard InChI is InChI=1S/C22H17ClN2O3/c1-28-20-10-9-13(11-16(20)23)21(18-7-4-8-19(25-18)22(26)27)15-12-24-17-6-3-2-5-14(15)17/h2-12,21,24H,1H3,(H,26,27). The quantitative estimate of drug-likeness (QED) is 0.495. The van der Waals surface area contributed by atoms with E-state index in [2.05, 4.69) is 9.97 Å². The van der Waals surface area contributed by atoms with Crippen LogP contribution in [0.4, 0.5) is 0 Å². The van der Waals surface area contributed by atoms with E-state index in [4.69, 9.17) is 16.3 Å². The molecule has 0 amide bonds. The Morgan fingerprint density at radius 2 is 1.96 bits per heavy atom. The maximum atomic E-state index is 11.4. The van der Waals surface area contributed by atoms with Crippen molar-refractivity contribution in [2.24, 2.45) is 0 Å². The molecule has 0 bridgehead atoms. The molecule has 0 aliphatic carbocycles. The van der Waals surface area contributed by atoms with Gasteiger partial charge < -0.3 is 14.8 Å². The van der Waals surface area contributed by atoms with E-state index in [9.17, 15) is 9.90 Å². The van der Waals surface area contributed by atoms with Crippen LogP contribution in [0, 0.1) is 0 Å². The van der Waals surface area contributed by atoms with Crippen LogP contribution < -0.4 is 4.74 Å². The number of H-pyrrole nitrogens is 1. The molecule has 0 radical (unpaired) electrons. The Morgan fingerprint density at radius 3 is 2.71 bits per heavy atom. The second-order valence-corrected chi connectivity index (χ2v) is 6.78. The Kier molecular flexibility index (Phi) is 4.75. The van der Waals surface area contributed by atoms with Gasteiger partial charge in [0.25, 0.3) is 0 Å². The van der Waals surface area contributed by atoms with E-state index in [1.165, 1.54) is 6.07 Å². The molecule has 0 fully saturated rings. The fourth-order valence-corrected chi connectivity index (χ4v) is 3.70. The van der Waals surface area contributed by atoms with Gasteiger partial charge in [-0.05, 0) is 41.5 Å². The highest BCUT2D eigenvalue weighted by atomic mass is 35.5. The van der Waals surface area contributed by atoms with Gasteiger partial charge in [0, 0.05) is 17.1 Å². The number of halogens is 1. The normalized spacial score (nSPS) is 12.1. The molecule has 140 valence electrons. The van der Waals surface area contributed by atoms with Gasteiger partial charge in [0.2, 0.25) is 0 Å². The monoisotopic (exact) mass is 392 g/mol. The van der Waals surface area contributed by atoms with Gasteiger partial charge in [0.15, 0.2) is 0 Å². The summed E-state index contributed by atoms with van der Waals surface area (Å²) in [6.07, 6.45) is 1.93. The minimum atomic E-state index is -1.06. The van der Waals surface area contributed by atoms with Gasteiger partial charge in [-0.2, -0.15) is 0 Å². The summed E-state index contributed by atoms with van der Waals surface area (Å²) in [5.74, 6) is -0.776. The largest absolute Gasteiger partial charge is 0.495 e.